The minimum atomic E-state index is 0.494. The molecular weight excluding hydrogens is 170 g/mol. The predicted octanol–water partition coefficient (Wildman–Crippen LogP) is 3.43. The summed E-state index contributed by atoms with van der Waals surface area (Å²) >= 11 is 0. The predicted molar refractivity (Wildman–Crippen MR) is 62.6 cm³/mol. The first-order valence-electron chi connectivity index (χ1n) is 5.28. The molecule has 1 aromatic rings. The summed E-state index contributed by atoms with van der Waals surface area (Å²) in [6, 6.07) is 9.38. The van der Waals surface area contributed by atoms with Crippen molar-refractivity contribution in [1.29, 1.82) is 0 Å². The van der Waals surface area contributed by atoms with Crippen LogP contribution in [0.2, 0.25) is 0 Å². The second kappa shape index (κ2) is 4.61. The van der Waals surface area contributed by atoms with Gasteiger partial charge < -0.3 is 4.90 Å². The number of hydrogen-bond acceptors (Lipinski definition) is 1. The van der Waals surface area contributed by atoms with E-state index in [4.69, 9.17) is 0 Å². The summed E-state index contributed by atoms with van der Waals surface area (Å²) in [6.07, 6.45) is 0. The van der Waals surface area contributed by atoms with Gasteiger partial charge in [0, 0.05) is 6.04 Å². The SMILES string of the molecule is CC(C)c1cccc(C(C)N(C)C)c1. The Balaban J connectivity index is 2.93. The quantitative estimate of drug-likeness (QED) is 0.707. The van der Waals surface area contributed by atoms with E-state index in [0.717, 1.165) is 0 Å². The fraction of sp³-hybridized carbons (Fsp3) is 0.538. The lowest BCUT2D eigenvalue weighted by Crippen LogP contribution is -2.16. The fourth-order valence-electron chi connectivity index (χ4n) is 1.48. The van der Waals surface area contributed by atoms with Crippen molar-refractivity contribution < 1.29 is 0 Å². The van der Waals surface area contributed by atoms with Crippen molar-refractivity contribution in [3.8, 4) is 0 Å². The summed E-state index contributed by atoms with van der Waals surface area (Å²) < 4.78 is 0. The Morgan fingerprint density at radius 1 is 1.00 bits per heavy atom. The highest BCUT2D eigenvalue weighted by molar-refractivity contribution is 5.27. The number of benzene rings is 1. The Kier molecular flexibility index (Phi) is 3.70. The topological polar surface area (TPSA) is 3.24 Å². The molecule has 0 radical (unpaired) electrons. The van der Waals surface area contributed by atoms with E-state index < -0.39 is 0 Å². The first kappa shape index (κ1) is 11.3. The molecule has 0 aliphatic heterocycles. The van der Waals surface area contributed by atoms with Crippen LogP contribution in [0.25, 0.3) is 0 Å². The van der Waals surface area contributed by atoms with Crippen molar-refractivity contribution in [3.63, 3.8) is 0 Å². The largest absolute Gasteiger partial charge is 0.303 e. The van der Waals surface area contributed by atoms with Crippen molar-refractivity contribution in [2.45, 2.75) is 32.7 Å². The van der Waals surface area contributed by atoms with E-state index in [-0.39, 0.29) is 0 Å². The normalized spacial score (nSPS) is 13.6. The molecule has 0 bridgehead atoms. The van der Waals surface area contributed by atoms with Crippen LogP contribution in [0.3, 0.4) is 0 Å². The van der Waals surface area contributed by atoms with Crippen molar-refractivity contribution in [1.82, 2.24) is 4.90 Å². The van der Waals surface area contributed by atoms with Gasteiger partial charge in [0.05, 0.1) is 0 Å². The molecule has 1 atom stereocenters. The van der Waals surface area contributed by atoms with Crippen LogP contribution in [-0.4, -0.2) is 19.0 Å². The second-order valence-corrected chi connectivity index (χ2v) is 4.46. The first-order chi connectivity index (χ1) is 6.52. The molecule has 0 aliphatic carbocycles. The maximum Gasteiger partial charge on any atom is 0.0313 e. The van der Waals surface area contributed by atoms with Crippen molar-refractivity contribution in [2.75, 3.05) is 14.1 Å². The molecule has 1 heteroatoms. The van der Waals surface area contributed by atoms with Gasteiger partial charge >= 0.3 is 0 Å². The highest BCUT2D eigenvalue weighted by atomic mass is 15.1. The summed E-state index contributed by atoms with van der Waals surface area (Å²) in [7, 11) is 4.24. The van der Waals surface area contributed by atoms with Gasteiger partial charge in [-0.25, -0.2) is 0 Å². The average molecular weight is 191 g/mol. The van der Waals surface area contributed by atoms with Crippen LogP contribution in [0, 0.1) is 0 Å². The Labute approximate surface area is 87.7 Å². The summed E-state index contributed by atoms with van der Waals surface area (Å²) in [5.74, 6) is 0.615. The van der Waals surface area contributed by atoms with Gasteiger partial charge in [-0.15, -0.1) is 0 Å². The molecule has 0 saturated heterocycles. The van der Waals surface area contributed by atoms with E-state index >= 15 is 0 Å². The molecule has 0 amide bonds. The fourth-order valence-corrected chi connectivity index (χ4v) is 1.48. The van der Waals surface area contributed by atoms with Crippen LogP contribution in [0.4, 0.5) is 0 Å². The van der Waals surface area contributed by atoms with Gasteiger partial charge in [-0.2, -0.15) is 0 Å². The molecule has 0 saturated carbocycles. The lowest BCUT2D eigenvalue weighted by Gasteiger charge is -2.21. The zero-order valence-electron chi connectivity index (χ0n) is 9.91. The van der Waals surface area contributed by atoms with Gasteiger partial charge in [0.2, 0.25) is 0 Å². The molecule has 1 nitrogen and oxygen atoms in total. The lowest BCUT2D eigenvalue weighted by molar-refractivity contribution is 0.321. The van der Waals surface area contributed by atoms with Crippen LogP contribution < -0.4 is 0 Å². The summed E-state index contributed by atoms with van der Waals surface area (Å²) in [4.78, 5) is 2.24. The highest BCUT2D eigenvalue weighted by Gasteiger charge is 2.08. The molecule has 1 aromatic carbocycles. The minimum absolute atomic E-state index is 0.494. The Hall–Kier alpha value is -0.820. The van der Waals surface area contributed by atoms with Gasteiger partial charge in [0.15, 0.2) is 0 Å². The van der Waals surface area contributed by atoms with E-state index in [0.29, 0.717) is 12.0 Å². The third-order valence-corrected chi connectivity index (χ3v) is 2.83. The van der Waals surface area contributed by atoms with Crippen molar-refractivity contribution >= 4 is 0 Å². The van der Waals surface area contributed by atoms with Crippen molar-refractivity contribution in [3.05, 3.63) is 35.4 Å². The van der Waals surface area contributed by atoms with E-state index in [1.54, 1.807) is 0 Å². The second-order valence-electron chi connectivity index (χ2n) is 4.46. The van der Waals surface area contributed by atoms with Gasteiger partial charge in [0.1, 0.15) is 0 Å². The minimum Gasteiger partial charge on any atom is -0.303 e. The zero-order chi connectivity index (χ0) is 10.7. The lowest BCUT2D eigenvalue weighted by atomic mass is 9.98. The monoisotopic (exact) mass is 191 g/mol. The Bertz CT molecular complexity index is 289. The number of nitrogens with zero attached hydrogens (tertiary/aromatic N) is 1. The molecular formula is C13H21N. The first-order valence-corrected chi connectivity index (χ1v) is 5.28. The summed E-state index contributed by atoms with van der Waals surface area (Å²) in [6.45, 7) is 6.71. The highest BCUT2D eigenvalue weighted by Crippen LogP contribution is 2.22. The Morgan fingerprint density at radius 2 is 1.57 bits per heavy atom. The molecule has 0 N–H and O–H groups in total. The van der Waals surface area contributed by atoms with Crippen LogP contribution in [-0.2, 0) is 0 Å². The molecule has 78 valence electrons. The van der Waals surface area contributed by atoms with Crippen LogP contribution in [0.5, 0.6) is 0 Å². The summed E-state index contributed by atoms with van der Waals surface area (Å²) in [5.41, 5.74) is 2.83. The third-order valence-electron chi connectivity index (χ3n) is 2.83. The van der Waals surface area contributed by atoms with Crippen LogP contribution >= 0.6 is 0 Å². The van der Waals surface area contributed by atoms with E-state index in [1.807, 2.05) is 0 Å². The van der Waals surface area contributed by atoms with E-state index in [9.17, 15) is 0 Å². The average Bonchev–Trinajstić information content (AvgIpc) is 2.16. The molecule has 14 heavy (non-hydrogen) atoms. The number of rotatable bonds is 3. The van der Waals surface area contributed by atoms with Crippen molar-refractivity contribution in [2.24, 2.45) is 0 Å². The van der Waals surface area contributed by atoms with E-state index in [1.165, 1.54) is 11.1 Å². The molecule has 0 fully saturated rings. The van der Waals surface area contributed by atoms with Gasteiger partial charge in [-0.05, 0) is 38.1 Å². The van der Waals surface area contributed by atoms with Gasteiger partial charge in [-0.1, -0.05) is 38.1 Å². The smallest absolute Gasteiger partial charge is 0.0313 e. The molecule has 0 heterocycles. The maximum atomic E-state index is 2.31. The van der Waals surface area contributed by atoms with Crippen LogP contribution in [0.15, 0.2) is 24.3 Å². The molecule has 1 rings (SSSR count). The van der Waals surface area contributed by atoms with Gasteiger partial charge in [0.25, 0.3) is 0 Å². The standard InChI is InChI=1S/C13H21N/c1-10(2)12-7-6-8-13(9-12)11(3)14(4)5/h6-11H,1-5H3. The Morgan fingerprint density at radius 3 is 2.07 bits per heavy atom. The molecule has 0 aliphatic rings. The summed E-state index contributed by atoms with van der Waals surface area (Å²) in [5, 5.41) is 0. The van der Waals surface area contributed by atoms with Gasteiger partial charge in [-0.3, -0.25) is 0 Å². The number of hydrogen-bond donors (Lipinski definition) is 0. The molecule has 0 aromatic heterocycles. The van der Waals surface area contributed by atoms with E-state index in [2.05, 4.69) is 64.0 Å². The molecule has 0 spiro atoms. The molecule has 1 unspecified atom stereocenters. The maximum absolute atomic E-state index is 2.31. The third kappa shape index (κ3) is 2.58. The van der Waals surface area contributed by atoms with Crippen LogP contribution in [0.1, 0.15) is 43.9 Å². The zero-order valence-corrected chi connectivity index (χ0v) is 9.91.